The molecule has 0 heterocycles. The van der Waals surface area contributed by atoms with E-state index in [0.717, 1.165) is 0 Å². The van der Waals surface area contributed by atoms with Crippen molar-refractivity contribution in [3.63, 3.8) is 0 Å². The lowest BCUT2D eigenvalue weighted by Crippen LogP contribution is -1.71. The highest BCUT2D eigenvalue weighted by Gasteiger charge is 1.80. The highest BCUT2D eigenvalue weighted by molar-refractivity contribution is 5.20. The summed E-state index contributed by atoms with van der Waals surface area (Å²) in [5.74, 6) is 0. The molecule has 0 aromatic heterocycles. The molecule has 0 aliphatic heterocycles. The van der Waals surface area contributed by atoms with Gasteiger partial charge in [0.25, 0.3) is 0 Å². The van der Waals surface area contributed by atoms with E-state index in [9.17, 15) is 0 Å². The molecule has 0 radical (unpaired) electrons. The third-order valence-electron chi connectivity index (χ3n) is 0.863. The summed E-state index contributed by atoms with van der Waals surface area (Å²) in [5.41, 5.74) is 0.122. The molecule has 42 valence electrons. The molecule has 0 saturated heterocycles. The molecule has 0 nitrogen and oxygen atoms in total. The monoisotopic (exact) mass is 112 g/mol. The maximum absolute atomic E-state index is 7.12. The lowest BCUT2D eigenvalue weighted by Gasteiger charge is -1.90. The summed E-state index contributed by atoms with van der Waals surface area (Å²) in [6, 6.07) is 5.47. The average molecular weight is 112 g/mol. The molecule has 0 atom stereocenters. The van der Waals surface area contributed by atoms with E-state index in [2.05, 4.69) is 0 Å². The molecule has 0 bridgehead atoms. The molecular weight excluding hydrogens is 96.1 g/mol. The standard InChI is InChI=1S/C8H10/c1-7-4-3-5-8(2)6-7/h3-6H,1-2H3/i1D3,2D3. The molecule has 0 heteroatoms. The normalized spacial score (nSPS) is 23.5. The quantitative estimate of drug-likeness (QED) is 0.483. The average Bonchev–Trinajstić information content (AvgIpc) is 2.01. The van der Waals surface area contributed by atoms with Crippen molar-refractivity contribution >= 4 is 0 Å². The van der Waals surface area contributed by atoms with Gasteiger partial charge < -0.3 is 0 Å². The van der Waals surface area contributed by atoms with Crippen molar-refractivity contribution in [3.8, 4) is 0 Å². The van der Waals surface area contributed by atoms with E-state index in [1.807, 2.05) is 0 Å². The lowest BCUT2D eigenvalue weighted by atomic mass is 10.2. The van der Waals surface area contributed by atoms with Gasteiger partial charge in [0, 0.05) is 8.22 Å². The zero-order valence-electron chi connectivity index (χ0n) is 10.3. The van der Waals surface area contributed by atoms with Crippen LogP contribution in [-0.2, 0) is 0 Å². The molecule has 8 heavy (non-hydrogen) atoms. The predicted molar refractivity (Wildman–Crippen MR) is 35.9 cm³/mol. The van der Waals surface area contributed by atoms with Gasteiger partial charge in [-0.3, -0.25) is 0 Å². The van der Waals surface area contributed by atoms with Crippen molar-refractivity contribution in [1.29, 1.82) is 0 Å². The van der Waals surface area contributed by atoms with Gasteiger partial charge in [0.05, 0.1) is 0 Å². The maximum Gasteiger partial charge on any atom is 0.0280 e. The van der Waals surface area contributed by atoms with Crippen LogP contribution in [0.4, 0.5) is 0 Å². The number of hydrogen-bond donors (Lipinski definition) is 0. The number of benzene rings is 1. The van der Waals surface area contributed by atoms with Gasteiger partial charge in [-0.15, -0.1) is 0 Å². The van der Waals surface area contributed by atoms with Crippen molar-refractivity contribution in [2.24, 2.45) is 0 Å². The van der Waals surface area contributed by atoms with Crippen LogP contribution in [0.3, 0.4) is 0 Å². The molecular formula is C8H10. The highest BCUT2D eigenvalue weighted by atomic mass is 13.9. The Hall–Kier alpha value is -0.780. The first-order valence-corrected chi connectivity index (χ1v) is 2.32. The zero-order chi connectivity index (χ0) is 11.0. The van der Waals surface area contributed by atoms with Crippen molar-refractivity contribution in [1.82, 2.24) is 0 Å². The first-order chi connectivity index (χ1) is 6.21. The van der Waals surface area contributed by atoms with E-state index >= 15 is 0 Å². The molecule has 0 amide bonds. The van der Waals surface area contributed by atoms with Crippen LogP contribution in [0.15, 0.2) is 24.3 Å². The molecule has 0 aliphatic rings. The fourth-order valence-corrected chi connectivity index (χ4v) is 0.519. The van der Waals surface area contributed by atoms with E-state index < -0.39 is 13.7 Å². The van der Waals surface area contributed by atoms with Crippen LogP contribution in [0.5, 0.6) is 0 Å². The van der Waals surface area contributed by atoms with Crippen LogP contribution >= 0.6 is 0 Å². The van der Waals surface area contributed by atoms with Crippen LogP contribution in [-0.4, -0.2) is 0 Å². The van der Waals surface area contributed by atoms with Gasteiger partial charge >= 0.3 is 0 Å². The van der Waals surface area contributed by atoms with Gasteiger partial charge in [-0.2, -0.15) is 0 Å². The molecule has 0 saturated carbocycles. The molecule has 1 aromatic carbocycles. The summed E-state index contributed by atoms with van der Waals surface area (Å²) in [5, 5.41) is 0. The van der Waals surface area contributed by atoms with Crippen molar-refractivity contribution in [2.75, 3.05) is 0 Å². The second kappa shape index (κ2) is 1.99. The Morgan fingerprint density at radius 2 is 1.88 bits per heavy atom. The van der Waals surface area contributed by atoms with Crippen molar-refractivity contribution in [3.05, 3.63) is 35.4 Å². The van der Waals surface area contributed by atoms with Crippen molar-refractivity contribution in [2.45, 2.75) is 13.7 Å². The maximum atomic E-state index is 7.12. The summed E-state index contributed by atoms with van der Waals surface area (Å²) in [4.78, 5) is 0. The van der Waals surface area contributed by atoms with Crippen molar-refractivity contribution < 1.29 is 8.22 Å². The Morgan fingerprint density at radius 3 is 2.38 bits per heavy atom. The van der Waals surface area contributed by atoms with E-state index in [1.165, 1.54) is 24.3 Å². The summed E-state index contributed by atoms with van der Waals surface area (Å²) >= 11 is 0. The SMILES string of the molecule is [2H]C([2H])([2H])c1cccc(C([2H])([2H])[2H])c1. The minimum Gasteiger partial charge on any atom is -0.0617 e. The van der Waals surface area contributed by atoms with Crippen LogP contribution < -0.4 is 0 Å². The smallest absolute Gasteiger partial charge is 0.0280 e. The largest absolute Gasteiger partial charge is 0.0617 e. The number of rotatable bonds is 0. The number of hydrogen-bond acceptors (Lipinski definition) is 0. The summed E-state index contributed by atoms with van der Waals surface area (Å²) in [6.07, 6.45) is 0. The van der Waals surface area contributed by atoms with E-state index in [1.54, 1.807) is 0 Å². The topological polar surface area (TPSA) is 0 Å². The zero-order valence-corrected chi connectivity index (χ0v) is 4.31. The lowest BCUT2D eigenvalue weighted by molar-refractivity contribution is 1.39. The minimum atomic E-state index is -2.25. The third kappa shape index (κ3) is 1.09. The summed E-state index contributed by atoms with van der Waals surface area (Å²) in [6.45, 7) is -4.50. The molecule has 0 unspecified atom stereocenters. The molecule has 0 aliphatic carbocycles. The first-order valence-electron chi connectivity index (χ1n) is 5.32. The summed E-state index contributed by atoms with van der Waals surface area (Å²) < 4.78 is 42.7. The second-order valence-electron chi connectivity index (χ2n) is 1.58. The highest BCUT2D eigenvalue weighted by Crippen LogP contribution is 2.00. The molecule has 1 rings (SSSR count). The van der Waals surface area contributed by atoms with E-state index in [-0.39, 0.29) is 11.1 Å². The van der Waals surface area contributed by atoms with E-state index in [4.69, 9.17) is 8.22 Å². The van der Waals surface area contributed by atoms with Crippen LogP contribution in [0.25, 0.3) is 0 Å². The number of aryl methyl sites for hydroxylation is 2. The van der Waals surface area contributed by atoms with Crippen LogP contribution in [0.2, 0.25) is 0 Å². The van der Waals surface area contributed by atoms with Gasteiger partial charge in [-0.05, 0) is 13.7 Å². The van der Waals surface area contributed by atoms with E-state index in [0.29, 0.717) is 0 Å². The van der Waals surface area contributed by atoms with Gasteiger partial charge in [0.1, 0.15) is 0 Å². The first kappa shape index (κ1) is 1.60. The fourth-order valence-electron chi connectivity index (χ4n) is 0.519. The summed E-state index contributed by atoms with van der Waals surface area (Å²) in [7, 11) is 0. The van der Waals surface area contributed by atoms with Gasteiger partial charge in [-0.25, -0.2) is 0 Å². The predicted octanol–water partition coefficient (Wildman–Crippen LogP) is 2.30. The molecule has 1 aromatic rings. The Kier molecular flexibility index (Phi) is 0.398. The second-order valence-corrected chi connectivity index (χ2v) is 1.58. The van der Waals surface area contributed by atoms with Gasteiger partial charge in [-0.1, -0.05) is 35.4 Å². The Balaban J connectivity index is 3.15. The third-order valence-corrected chi connectivity index (χ3v) is 0.863. The Morgan fingerprint density at radius 1 is 1.25 bits per heavy atom. The Labute approximate surface area is 58.6 Å². The Bertz CT molecular complexity index is 292. The minimum absolute atomic E-state index is 0.0612. The van der Waals surface area contributed by atoms with Gasteiger partial charge in [0.15, 0.2) is 0 Å². The van der Waals surface area contributed by atoms with Crippen LogP contribution in [0.1, 0.15) is 19.4 Å². The van der Waals surface area contributed by atoms with Gasteiger partial charge in [0.2, 0.25) is 0 Å². The molecule has 0 N–H and O–H groups in total. The van der Waals surface area contributed by atoms with Crippen LogP contribution in [0, 0.1) is 13.7 Å². The molecule has 0 spiro atoms. The molecule has 0 fully saturated rings. The fraction of sp³-hybridized carbons (Fsp3) is 0.250.